The summed E-state index contributed by atoms with van der Waals surface area (Å²) in [6.45, 7) is 8.09. The number of rotatable bonds is 5. The molecule has 3 aromatic rings. The first-order valence-electron chi connectivity index (χ1n) is 11.2. The SMILES string of the molecule is Cc1cc(S(=O)(=O)N2CCN(c3cccc(C)c3C)CC2)ccc1NC(=O)c1ccc(Cl)cc1. The molecule has 0 atom stereocenters. The molecular weight excluding hydrogens is 470 g/mol. The monoisotopic (exact) mass is 497 g/mol. The average Bonchev–Trinajstić information content (AvgIpc) is 2.82. The van der Waals surface area contributed by atoms with Gasteiger partial charge in [-0.2, -0.15) is 4.31 Å². The van der Waals surface area contributed by atoms with Crippen molar-refractivity contribution in [1.82, 2.24) is 4.31 Å². The summed E-state index contributed by atoms with van der Waals surface area (Å²) in [5, 5.41) is 3.39. The number of sulfonamides is 1. The summed E-state index contributed by atoms with van der Waals surface area (Å²) < 4.78 is 28.1. The van der Waals surface area contributed by atoms with Crippen molar-refractivity contribution >= 4 is 38.9 Å². The molecule has 8 heteroatoms. The normalized spacial score (nSPS) is 14.8. The Hall–Kier alpha value is -2.87. The molecule has 1 heterocycles. The number of hydrogen-bond donors (Lipinski definition) is 1. The third-order valence-corrected chi connectivity index (χ3v) is 8.49. The van der Waals surface area contributed by atoms with E-state index in [9.17, 15) is 13.2 Å². The van der Waals surface area contributed by atoms with Gasteiger partial charge in [-0.1, -0.05) is 23.7 Å². The van der Waals surface area contributed by atoms with Gasteiger partial charge in [-0.05, 0) is 86.0 Å². The van der Waals surface area contributed by atoms with Gasteiger partial charge in [0.25, 0.3) is 5.91 Å². The quantitative estimate of drug-likeness (QED) is 0.537. The van der Waals surface area contributed by atoms with E-state index < -0.39 is 10.0 Å². The first kappa shape index (κ1) is 24.3. The molecule has 0 unspecified atom stereocenters. The van der Waals surface area contributed by atoms with Crippen molar-refractivity contribution in [3.05, 3.63) is 87.9 Å². The van der Waals surface area contributed by atoms with Crippen LogP contribution in [0.5, 0.6) is 0 Å². The van der Waals surface area contributed by atoms with Gasteiger partial charge in [0, 0.05) is 48.1 Å². The molecule has 6 nitrogen and oxygen atoms in total. The Kier molecular flexibility index (Phi) is 6.98. The molecular formula is C26H28ClN3O3S. The molecule has 0 saturated carbocycles. The molecule has 0 bridgehead atoms. The highest BCUT2D eigenvalue weighted by Gasteiger charge is 2.29. The molecule has 34 heavy (non-hydrogen) atoms. The van der Waals surface area contributed by atoms with E-state index in [-0.39, 0.29) is 10.8 Å². The second-order valence-corrected chi connectivity index (χ2v) is 10.9. The van der Waals surface area contributed by atoms with Crippen LogP contribution in [0.2, 0.25) is 5.02 Å². The van der Waals surface area contributed by atoms with Crippen LogP contribution in [-0.2, 0) is 10.0 Å². The van der Waals surface area contributed by atoms with Gasteiger partial charge in [0.2, 0.25) is 10.0 Å². The van der Waals surface area contributed by atoms with Gasteiger partial charge >= 0.3 is 0 Å². The number of hydrogen-bond acceptors (Lipinski definition) is 4. The highest BCUT2D eigenvalue weighted by Crippen LogP contribution is 2.27. The van der Waals surface area contributed by atoms with Crippen LogP contribution in [0.1, 0.15) is 27.0 Å². The summed E-state index contributed by atoms with van der Waals surface area (Å²) in [6, 6.07) is 17.6. The summed E-state index contributed by atoms with van der Waals surface area (Å²) in [7, 11) is -3.63. The first-order valence-corrected chi connectivity index (χ1v) is 13.0. The number of halogens is 1. The fraction of sp³-hybridized carbons (Fsp3) is 0.269. The van der Waals surface area contributed by atoms with E-state index >= 15 is 0 Å². The fourth-order valence-electron chi connectivity index (χ4n) is 4.13. The molecule has 3 aromatic carbocycles. The highest BCUT2D eigenvalue weighted by atomic mass is 35.5. The number of nitrogens with one attached hydrogen (secondary N) is 1. The maximum absolute atomic E-state index is 13.3. The van der Waals surface area contributed by atoms with Crippen molar-refractivity contribution in [2.45, 2.75) is 25.7 Å². The molecule has 0 aliphatic carbocycles. The third-order valence-electron chi connectivity index (χ3n) is 6.35. The van der Waals surface area contributed by atoms with Crippen molar-refractivity contribution in [2.24, 2.45) is 0 Å². The van der Waals surface area contributed by atoms with Crippen molar-refractivity contribution in [2.75, 3.05) is 36.4 Å². The van der Waals surface area contributed by atoms with Crippen LogP contribution in [0.15, 0.2) is 65.6 Å². The number of amides is 1. The maximum atomic E-state index is 13.3. The van der Waals surface area contributed by atoms with Crippen LogP contribution < -0.4 is 10.2 Å². The van der Waals surface area contributed by atoms with E-state index in [0.717, 1.165) is 5.69 Å². The molecule has 1 aliphatic rings. The van der Waals surface area contributed by atoms with Gasteiger partial charge in [-0.15, -0.1) is 0 Å². The number of aryl methyl sites for hydroxylation is 2. The summed E-state index contributed by atoms with van der Waals surface area (Å²) in [5.74, 6) is -0.280. The van der Waals surface area contributed by atoms with E-state index in [1.807, 2.05) is 6.07 Å². The molecule has 4 rings (SSSR count). The number of anilines is 2. The Balaban J connectivity index is 1.45. The number of carbonyl (C=O) groups is 1. The Morgan fingerprint density at radius 2 is 1.56 bits per heavy atom. The third kappa shape index (κ3) is 4.97. The van der Waals surface area contributed by atoms with Crippen LogP contribution in [0.25, 0.3) is 0 Å². The van der Waals surface area contributed by atoms with E-state index in [2.05, 4.69) is 36.2 Å². The second-order valence-electron chi connectivity index (χ2n) is 8.55. The molecule has 1 saturated heterocycles. The van der Waals surface area contributed by atoms with Gasteiger partial charge in [0.1, 0.15) is 0 Å². The molecule has 0 radical (unpaired) electrons. The topological polar surface area (TPSA) is 69.7 Å². The molecule has 0 aromatic heterocycles. The zero-order valence-corrected chi connectivity index (χ0v) is 21.1. The van der Waals surface area contributed by atoms with E-state index in [1.54, 1.807) is 49.4 Å². The predicted molar refractivity (Wildman–Crippen MR) is 137 cm³/mol. The van der Waals surface area contributed by atoms with Gasteiger partial charge in [0.05, 0.1) is 4.90 Å². The lowest BCUT2D eigenvalue weighted by atomic mass is 10.1. The van der Waals surface area contributed by atoms with Crippen LogP contribution in [0.4, 0.5) is 11.4 Å². The van der Waals surface area contributed by atoms with Crippen molar-refractivity contribution in [3.63, 3.8) is 0 Å². The minimum atomic E-state index is -3.63. The minimum Gasteiger partial charge on any atom is -0.369 e. The molecule has 0 spiro atoms. The second kappa shape index (κ2) is 9.78. The minimum absolute atomic E-state index is 0.231. The van der Waals surface area contributed by atoms with Crippen molar-refractivity contribution < 1.29 is 13.2 Å². The Labute approximate surface area is 206 Å². The Morgan fingerprint density at radius 3 is 2.21 bits per heavy atom. The zero-order valence-electron chi connectivity index (χ0n) is 19.5. The predicted octanol–water partition coefficient (Wildman–Crippen LogP) is 5.03. The maximum Gasteiger partial charge on any atom is 0.255 e. The van der Waals surface area contributed by atoms with E-state index in [4.69, 9.17) is 11.6 Å². The lowest BCUT2D eigenvalue weighted by Gasteiger charge is -2.36. The van der Waals surface area contributed by atoms with Gasteiger partial charge < -0.3 is 10.2 Å². The van der Waals surface area contributed by atoms with Crippen LogP contribution in [-0.4, -0.2) is 44.8 Å². The van der Waals surface area contributed by atoms with Crippen LogP contribution in [0, 0.1) is 20.8 Å². The molecule has 1 aliphatic heterocycles. The highest BCUT2D eigenvalue weighted by molar-refractivity contribution is 7.89. The van der Waals surface area contributed by atoms with Gasteiger partial charge in [-0.25, -0.2) is 8.42 Å². The van der Waals surface area contributed by atoms with E-state index in [1.165, 1.54) is 15.4 Å². The lowest BCUT2D eigenvalue weighted by molar-refractivity contribution is 0.102. The van der Waals surface area contributed by atoms with Crippen LogP contribution in [0.3, 0.4) is 0 Å². The summed E-state index contributed by atoms with van der Waals surface area (Å²) >= 11 is 5.88. The van der Waals surface area contributed by atoms with Gasteiger partial charge in [-0.3, -0.25) is 4.79 Å². The standard InChI is InChI=1S/C26H28ClN3O3S/c1-18-5-4-6-25(20(18)3)29-13-15-30(16-14-29)34(32,33)23-11-12-24(19(2)17-23)28-26(31)21-7-9-22(27)10-8-21/h4-12,17H,13-16H2,1-3H3,(H,28,31). The lowest BCUT2D eigenvalue weighted by Crippen LogP contribution is -2.48. The van der Waals surface area contributed by atoms with E-state index in [0.29, 0.717) is 48.0 Å². The number of nitrogens with zero attached hydrogens (tertiary/aromatic N) is 2. The molecule has 1 fully saturated rings. The average molecular weight is 498 g/mol. The largest absolute Gasteiger partial charge is 0.369 e. The van der Waals surface area contributed by atoms with Gasteiger partial charge in [0.15, 0.2) is 0 Å². The Morgan fingerprint density at radius 1 is 0.882 bits per heavy atom. The molecule has 1 amide bonds. The number of carbonyl (C=O) groups excluding carboxylic acids is 1. The summed E-state index contributed by atoms with van der Waals surface area (Å²) in [4.78, 5) is 15.0. The first-order chi connectivity index (χ1) is 16.2. The van der Waals surface area contributed by atoms with Crippen LogP contribution >= 0.6 is 11.6 Å². The molecule has 178 valence electrons. The number of piperazine rings is 1. The Bertz CT molecular complexity index is 1320. The summed E-state index contributed by atoms with van der Waals surface area (Å²) in [5.41, 5.74) is 5.34. The summed E-state index contributed by atoms with van der Waals surface area (Å²) in [6.07, 6.45) is 0. The zero-order chi connectivity index (χ0) is 24.5. The molecule has 1 N–H and O–H groups in total. The van der Waals surface area contributed by atoms with Crippen molar-refractivity contribution in [1.29, 1.82) is 0 Å². The van der Waals surface area contributed by atoms with Crippen molar-refractivity contribution in [3.8, 4) is 0 Å². The smallest absolute Gasteiger partial charge is 0.255 e. The fourth-order valence-corrected chi connectivity index (χ4v) is 5.76. The number of benzene rings is 3.